The first kappa shape index (κ1) is 44.4. The molecule has 0 spiro atoms. The largest absolute Gasteiger partial charge is 0.494 e. The van der Waals surface area contributed by atoms with Crippen LogP contribution in [0.15, 0.2) is 42.5 Å². The Morgan fingerprint density at radius 3 is 1.97 bits per heavy atom. The van der Waals surface area contributed by atoms with Gasteiger partial charge in [0.15, 0.2) is 0 Å². The number of carbonyl (C=O) groups is 4. The van der Waals surface area contributed by atoms with Crippen molar-refractivity contribution >= 4 is 68.9 Å². The molecule has 0 radical (unpaired) electrons. The summed E-state index contributed by atoms with van der Waals surface area (Å²) in [7, 11) is 3.59. The van der Waals surface area contributed by atoms with Crippen molar-refractivity contribution in [2.45, 2.75) is 60.2 Å². The maximum atomic E-state index is 13.9. The number of nitrogens with two attached hydrogens (primary N) is 2. The zero-order valence-electron chi connectivity index (χ0n) is 36.4. The molecule has 63 heavy (non-hydrogen) atoms. The summed E-state index contributed by atoms with van der Waals surface area (Å²) in [5, 5.41) is 11.1. The average molecular weight is 880 g/mol. The number of likely N-dealkylation sites (N-methyl/N-ethyl adjacent to an activating group) is 1. The fourth-order valence-corrected chi connectivity index (χ4v) is 8.54. The van der Waals surface area contributed by atoms with E-state index in [1.54, 1.807) is 33.5 Å². The van der Waals surface area contributed by atoms with Gasteiger partial charge in [-0.25, -0.2) is 15.0 Å². The number of nitrogens with one attached hydrogen (secondary N) is 2. The first-order valence-electron chi connectivity index (χ1n) is 20.8. The van der Waals surface area contributed by atoms with Gasteiger partial charge in [0.1, 0.15) is 33.1 Å². The number of rotatable bonds is 18. The molecule has 0 atom stereocenters. The lowest BCUT2D eigenvalue weighted by molar-refractivity contribution is 0.0991. The van der Waals surface area contributed by atoms with Gasteiger partial charge >= 0.3 is 0 Å². The molecule has 4 amide bonds. The van der Waals surface area contributed by atoms with E-state index in [9.17, 15) is 19.2 Å². The van der Waals surface area contributed by atoms with Crippen molar-refractivity contribution in [3.8, 4) is 11.5 Å². The van der Waals surface area contributed by atoms with Gasteiger partial charge in [-0.15, -0.1) is 11.3 Å². The van der Waals surface area contributed by atoms with Crippen molar-refractivity contribution in [2.24, 2.45) is 11.5 Å². The molecule has 6 aromatic rings. The number of imidazole rings is 2. The van der Waals surface area contributed by atoms with E-state index in [1.165, 1.54) is 24.5 Å². The minimum Gasteiger partial charge on any atom is -0.494 e. The summed E-state index contributed by atoms with van der Waals surface area (Å²) in [4.78, 5) is 71.6. The lowest BCUT2D eigenvalue weighted by atomic mass is 10.1. The molecule has 19 nitrogen and oxygen atoms in total. The van der Waals surface area contributed by atoms with E-state index in [0.29, 0.717) is 75.1 Å². The highest BCUT2D eigenvalue weighted by Gasteiger charge is 2.24. The van der Waals surface area contributed by atoms with Crippen molar-refractivity contribution in [3.63, 3.8) is 0 Å². The van der Waals surface area contributed by atoms with Crippen molar-refractivity contribution in [2.75, 3.05) is 64.1 Å². The summed E-state index contributed by atoms with van der Waals surface area (Å²) in [6.07, 6.45) is 5.06. The first-order chi connectivity index (χ1) is 30.3. The van der Waals surface area contributed by atoms with Gasteiger partial charge in [0, 0.05) is 63.5 Å². The van der Waals surface area contributed by atoms with Crippen LogP contribution in [0.4, 0.5) is 11.9 Å². The second-order valence-corrected chi connectivity index (χ2v) is 16.5. The number of allylic oxidation sites excluding steroid dienone is 2. The van der Waals surface area contributed by atoms with Gasteiger partial charge in [0.05, 0.1) is 41.1 Å². The zero-order chi connectivity index (χ0) is 44.9. The maximum Gasteiger partial charge on any atom is 0.276 e. The summed E-state index contributed by atoms with van der Waals surface area (Å²) in [5.74, 6) is -0.957. The molecule has 332 valence electrons. The molecule has 0 saturated carbocycles. The number of primary amides is 2. The monoisotopic (exact) mass is 879 g/mol. The summed E-state index contributed by atoms with van der Waals surface area (Å²) in [5.41, 5.74) is 15.4. The number of aromatic nitrogens is 7. The number of piperazine rings is 1. The predicted molar refractivity (Wildman–Crippen MR) is 241 cm³/mol. The minimum atomic E-state index is -0.661. The Labute approximate surface area is 368 Å². The molecule has 6 N–H and O–H groups in total. The third-order valence-electron chi connectivity index (χ3n) is 10.8. The number of benzene rings is 2. The molecule has 7 rings (SSSR count). The average Bonchev–Trinajstić information content (AvgIpc) is 4.03. The van der Waals surface area contributed by atoms with Crippen LogP contribution >= 0.6 is 11.3 Å². The van der Waals surface area contributed by atoms with Crippen LogP contribution < -0.4 is 31.6 Å². The number of aryl methyl sites for hydroxylation is 4. The van der Waals surface area contributed by atoms with Gasteiger partial charge in [-0.05, 0) is 71.0 Å². The van der Waals surface area contributed by atoms with Gasteiger partial charge in [0.2, 0.25) is 23.7 Å². The Hall–Kier alpha value is -6.64. The zero-order valence-corrected chi connectivity index (χ0v) is 37.2. The number of hydrogen-bond donors (Lipinski definition) is 4. The molecule has 1 aliphatic rings. The number of amides is 4. The van der Waals surface area contributed by atoms with Crippen LogP contribution in [0.1, 0.15) is 77.5 Å². The molecule has 1 saturated heterocycles. The minimum absolute atomic E-state index is 0.181. The number of methoxy groups -OCH3 is 1. The second-order valence-electron chi connectivity index (χ2n) is 15.3. The molecule has 4 aromatic heterocycles. The Kier molecular flexibility index (Phi) is 13.5. The van der Waals surface area contributed by atoms with Gasteiger partial charge in [-0.2, -0.15) is 5.10 Å². The van der Waals surface area contributed by atoms with E-state index in [1.807, 2.05) is 44.4 Å². The van der Waals surface area contributed by atoms with E-state index >= 15 is 0 Å². The molecule has 0 aliphatic carbocycles. The summed E-state index contributed by atoms with van der Waals surface area (Å²) in [6, 6.07) is 7.97. The predicted octanol–water partition coefficient (Wildman–Crippen LogP) is 4.22. The number of anilines is 2. The summed E-state index contributed by atoms with van der Waals surface area (Å²) >= 11 is 1.30. The van der Waals surface area contributed by atoms with Crippen LogP contribution in [-0.4, -0.2) is 121 Å². The highest BCUT2D eigenvalue weighted by molar-refractivity contribution is 7.13. The van der Waals surface area contributed by atoms with Crippen LogP contribution in [-0.2, 0) is 26.1 Å². The molecule has 5 heterocycles. The number of thiazole rings is 1. The smallest absolute Gasteiger partial charge is 0.276 e. The van der Waals surface area contributed by atoms with E-state index in [2.05, 4.69) is 37.6 Å². The molecule has 2 aromatic carbocycles. The van der Waals surface area contributed by atoms with Crippen molar-refractivity contribution in [1.82, 2.24) is 43.7 Å². The molecule has 1 aliphatic heterocycles. The van der Waals surface area contributed by atoms with Crippen LogP contribution in [0.25, 0.3) is 22.1 Å². The molecular formula is C43H53N13O6S. The van der Waals surface area contributed by atoms with E-state index in [0.717, 1.165) is 44.2 Å². The SMILES string of the molecule is CCc1nc(C)sc1C(=O)Nc1nc2cc(C(N)=O)cc(OCCCN3CCN(C)CC3)c2n1CC=CCn1c(NC(=O)c2cc(C)nn2CC)nc2cc(C(N)=O)cc(OC)c21. The van der Waals surface area contributed by atoms with E-state index < -0.39 is 17.7 Å². The Bertz CT molecular complexity index is 2720. The normalized spacial score (nSPS) is 13.6. The van der Waals surface area contributed by atoms with Crippen molar-refractivity contribution in [1.29, 1.82) is 0 Å². The second kappa shape index (κ2) is 19.2. The third kappa shape index (κ3) is 9.72. The summed E-state index contributed by atoms with van der Waals surface area (Å²) in [6.45, 7) is 13.5. The van der Waals surface area contributed by atoms with Gasteiger partial charge in [-0.3, -0.25) is 34.5 Å². The van der Waals surface area contributed by atoms with Crippen molar-refractivity contribution < 1.29 is 28.7 Å². The quantitative estimate of drug-likeness (QED) is 0.0702. The Morgan fingerprint density at radius 1 is 0.810 bits per heavy atom. The molecule has 0 unspecified atom stereocenters. The third-order valence-corrected chi connectivity index (χ3v) is 11.9. The van der Waals surface area contributed by atoms with Crippen LogP contribution in [0.5, 0.6) is 11.5 Å². The molecular weight excluding hydrogens is 827 g/mol. The Balaban J connectivity index is 1.24. The van der Waals surface area contributed by atoms with Gasteiger partial charge in [-0.1, -0.05) is 19.1 Å². The summed E-state index contributed by atoms with van der Waals surface area (Å²) < 4.78 is 17.3. The van der Waals surface area contributed by atoms with Crippen LogP contribution in [0, 0.1) is 13.8 Å². The lowest BCUT2D eigenvalue weighted by Gasteiger charge is -2.32. The standard InChI is InChI=1S/C43H53N13O6S/c1-7-29-37(63-26(4)46-29)41(60)50-43-48-31-22-28(39(45)58)24-34(62-19-11-12-53-17-15-52(5)16-18-53)36(31)55(43)14-10-9-13-54-35-30(21-27(38(44)57)23-33(35)61-6)47-42(54)49-40(59)32-20-25(3)51-56(32)8-2/h9-10,20-24H,7-8,11-19H2,1-6H3,(H2,44,57)(H2,45,58)(H,47,49,59)(H,48,50,60). The van der Waals surface area contributed by atoms with Crippen LogP contribution in [0.3, 0.4) is 0 Å². The highest BCUT2D eigenvalue weighted by atomic mass is 32.1. The lowest BCUT2D eigenvalue weighted by Crippen LogP contribution is -2.44. The highest BCUT2D eigenvalue weighted by Crippen LogP contribution is 2.33. The van der Waals surface area contributed by atoms with Gasteiger partial charge < -0.3 is 39.9 Å². The molecule has 0 bridgehead atoms. The number of fused-ring (bicyclic) bond motifs is 2. The number of ether oxygens (including phenoxy) is 2. The number of hydrogen-bond acceptors (Lipinski definition) is 13. The Morgan fingerprint density at radius 2 is 1.40 bits per heavy atom. The number of nitrogens with zero attached hydrogens (tertiary/aromatic N) is 9. The first-order valence-corrected chi connectivity index (χ1v) is 21.6. The number of carbonyl (C=O) groups excluding carboxylic acids is 4. The fraction of sp³-hybridized carbons (Fsp3) is 0.395. The van der Waals surface area contributed by atoms with Crippen LogP contribution in [0.2, 0.25) is 0 Å². The van der Waals surface area contributed by atoms with Gasteiger partial charge in [0.25, 0.3) is 11.8 Å². The molecule has 1 fully saturated rings. The van der Waals surface area contributed by atoms with Crippen molar-refractivity contribution in [3.05, 3.63) is 80.6 Å². The van der Waals surface area contributed by atoms with E-state index in [-0.39, 0.29) is 42.0 Å². The topological polar surface area (TPSA) is 236 Å². The maximum absolute atomic E-state index is 13.9. The van der Waals surface area contributed by atoms with E-state index in [4.69, 9.17) is 30.9 Å². The fourth-order valence-electron chi connectivity index (χ4n) is 7.64. The molecule has 20 heteroatoms.